The highest BCUT2D eigenvalue weighted by Crippen LogP contribution is 2.24. The number of carbonyl (C=O) groups excluding carboxylic acids is 1. The van der Waals surface area contributed by atoms with E-state index in [1.54, 1.807) is 0 Å². The van der Waals surface area contributed by atoms with Gasteiger partial charge in [-0.25, -0.2) is 9.97 Å². The molecule has 1 heterocycles. The van der Waals surface area contributed by atoms with Crippen LogP contribution in [0.15, 0.2) is 6.33 Å². The molecule has 0 unspecified atom stereocenters. The summed E-state index contributed by atoms with van der Waals surface area (Å²) >= 11 is 11.3. The lowest BCUT2D eigenvalue weighted by molar-refractivity contribution is -0.119. The van der Waals surface area contributed by atoms with Gasteiger partial charge in [-0.15, -0.1) is 0 Å². The summed E-state index contributed by atoms with van der Waals surface area (Å²) in [7, 11) is 1.41. The Hall–Kier alpha value is -0.910. The summed E-state index contributed by atoms with van der Waals surface area (Å²) in [5, 5.41) is 2.62. The average Bonchev–Trinajstić information content (AvgIpc) is 2.13. The first-order chi connectivity index (χ1) is 6.65. The Bertz CT molecular complexity index is 346. The van der Waals surface area contributed by atoms with Gasteiger partial charge < -0.3 is 10.1 Å². The Morgan fingerprint density at radius 1 is 1.57 bits per heavy atom. The van der Waals surface area contributed by atoms with Gasteiger partial charge in [0.05, 0.1) is 0 Å². The van der Waals surface area contributed by atoms with E-state index in [9.17, 15) is 4.79 Å². The molecule has 0 aliphatic heterocycles. The van der Waals surface area contributed by atoms with Crippen LogP contribution in [0.1, 0.15) is 0 Å². The number of rotatable bonds is 3. The highest BCUT2D eigenvalue weighted by Gasteiger charge is 2.09. The number of amides is 1. The topological polar surface area (TPSA) is 64.1 Å². The summed E-state index contributed by atoms with van der Waals surface area (Å²) in [5.41, 5.74) is 0. The molecular weight excluding hydrogens is 229 g/mol. The molecule has 0 radical (unpaired) electrons. The Morgan fingerprint density at radius 3 is 2.93 bits per heavy atom. The standard InChI is InChI=1S/C7H7Cl2N3O2/c1-14-2-4(13)12-7-5(8)6(9)10-3-11-7/h3H,2H2,1H3,(H,10,11,12,13). The van der Waals surface area contributed by atoms with Crippen LogP contribution in [0.3, 0.4) is 0 Å². The minimum atomic E-state index is -0.357. The van der Waals surface area contributed by atoms with Crippen molar-refractivity contribution in [1.29, 1.82) is 0 Å². The third-order valence-corrected chi connectivity index (χ3v) is 2.02. The maximum Gasteiger partial charge on any atom is 0.251 e. The highest BCUT2D eigenvalue weighted by molar-refractivity contribution is 6.42. The molecule has 1 aromatic rings. The molecule has 5 nitrogen and oxygen atoms in total. The van der Waals surface area contributed by atoms with Gasteiger partial charge in [-0.3, -0.25) is 4.79 Å². The van der Waals surface area contributed by atoms with Crippen LogP contribution in [0.5, 0.6) is 0 Å². The molecule has 0 aromatic carbocycles. The van der Waals surface area contributed by atoms with Crippen molar-refractivity contribution in [2.75, 3.05) is 19.0 Å². The number of hydrogen-bond donors (Lipinski definition) is 1. The maximum absolute atomic E-state index is 11.1. The number of aromatic nitrogens is 2. The van der Waals surface area contributed by atoms with E-state index in [2.05, 4.69) is 20.0 Å². The maximum atomic E-state index is 11.1. The van der Waals surface area contributed by atoms with Gasteiger partial charge in [0.1, 0.15) is 18.0 Å². The SMILES string of the molecule is COCC(=O)Nc1ncnc(Cl)c1Cl. The smallest absolute Gasteiger partial charge is 0.251 e. The second-order valence-corrected chi connectivity index (χ2v) is 3.04. The van der Waals surface area contributed by atoms with Crippen molar-refractivity contribution in [2.24, 2.45) is 0 Å². The zero-order valence-corrected chi connectivity index (χ0v) is 8.76. The fraction of sp³-hybridized carbons (Fsp3) is 0.286. The molecule has 0 saturated carbocycles. The molecule has 0 atom stereocenters. The summed E-state index contributed by atoms with van der Waals surface area (Å²) in [6.07, 6.45) is 1.20. The van der Waals surface area contributed by atoms with E-state index < -0.39 is 0 Å². The number of hydrogen-bond acceptors (Lipinski definition) is 4. The molecule has 0 aliphatic carbocycles. The number of carbonyl (C=O) groups is 1. The number of nitrogens with one attached hydrogen (secondary N) is 1. The van der Waals surface area contributed by atoms with Gasteiger partial charge in [0.15, 0.2) is 11.0 Å². The van der Waals surface area contributed by atoms with Crippen molar-refractivity contribution >= 4 is 34.9 Å². The molecule has 1 aromatic heterocycles. The number of anilines is 1. The molecule has 0 bridgehead atoms. The van der Waals surface area contributed by atoms with Gasteiger partial charge in [0, 0.05) is 7.11 Å². The molecular formula is C7H7Cl2N3O2. The number of methoxy groups -OCH3 is 1. The van der Waals surface area contributed by atoms with E-state index in [4.69, 9.17) is 23.2 Å². The van der Waals surface area contributed by atoms with E-state index in [0.717, 1.165) is 0 Å². The van der Waals surface area contributed by atoms with E-state index in [0.29, 0.717) is 0 Å². The summed E-state index contributed by atoms with van der Waals surface area (Å²) < 4.78 is 4.61. The molecule has 7 heteroatoms. The van der Waals surface area contributed by atoms with Gasteiger partial charge in [0.25, 0.3) is 5.91 Å². The molecule has 0 aliphatic rings. The first-order valence-corrected chi connectivity index (χ1v) is 4.35. The molecule has 1 rings (SSSR count). The summed E-state index contributed by atoms with van der Waals surface area (Å²) in [5.74, 6) is -0.183. The number of nitrogens with zero attached hydrogens (tertiary/aromatic N) is 2. The van der Waals surface area contributed by atoms with Crippen LogP contribution < -0.4 is 5.32 Å². The lowest BCUT2D eigenvalue weighted by atomic mass is 10.5. The Morgan fingerprint density at radius 2 is 2.29 bits per heavy atom. The zero-order chi connectivity index (χ0) is 10.6. The van der Waals surface area contributed by atoms with Crippen LogP contribution in [0.25, 0.3) is 0 Å². The summed E-state index contributed by atoms with van der Waals surface area (Å²) in [4.78, 5) is 18.5. The van der Waals surface area contributed by atoms with Crippen LogP contribution >= 0.6 is 23.2 Å². The van der Waals surface area contributed by atoms with Crippen LogP contribution in [0.4, 0.5) is 5.82 Å². The first kappa shape index (κ1) is 11.2. The predicted octanol–water partition coefficient (Wildman–Crippen LogP) is 1.37. The highest BCUT2D eigenvalue weighted by atomic mass is 35.5. The molecule has 0 fully saturated rings. The molecule has 1 amide bonds. The summed E-state index contributed by atoms with van der Waals surface area (Å²) in [6.45, 7) is -0.0715. The zero-order valence-electron chi connectivity index (χ0n) is 7.25. The van der Waals surface area contributed by atoms with E-state index >= 15 is 0 Å². The van der Waals surface area contributed by atoms with Crippen LogP contribution in [-0.4, -0.2) is 29.6 Å². The summed E-state index contributed by atoms with van der Waals surface area (Å²) in [6, 6.07) is 0. The van der Waals surface area contributed by atoms with Crippen molar-refractivity contribution in [3.05, 3.63) is 16.5 Å². The Labute approximate surface area is 90.4 Å². The van der Waals surface area contributed by atoms with Crippen molar-refractivity contribution in [3.63, 3.8) is 0 Å². The Kier molecular flexibility index (Phi) is 4.06. The fourth-order valence-corrected chi connectivity index (χ4v) is 1.01. The lowest BCUT2D eigenvalue weighted by Gasteiger charge is -2.05. The van der Waals surface area contributed by atoms with Gasteiger partial charge in [0.2, 0.25) is 0 Å². The van der Waals surface area contributed by atoms with Crippen molar-refractivity contribution < 1.29 is 9.53 Å². The van der Waals surface area contributed by atoms with Gasteiger partial charge in [-0.05, 0) is 0 Å². The third-order valence-electron chi connectivity index (χ3n) is 1.28. The third kappa shape index (κ3) is 2.80. The lowest BCUT2D eigenvalue weighted by Crippen LogP contribution is -2.18. The monoisotopic (exact) mass is 235 g/mol. The van der Waals surface area contributed by atoms with Gasteiger partial charge >= 0.3 is 0 Å². The quantitative estimate of drug-likeness (QED) is 0.805. The minimum Gasteiger partial charge on any atom is -0.375 e. The number of halogens is 2. The molecule has 0 saturated heterocycles. The van der Waals surface area contributed by atoms with Crippen LogP contribution in [-0.2, 0) is 9.53 Å². The normalized spacial score (nSPS) is 9.93. The molecule has 0 spiro atoms. The molecule has 76 valence electrons. The van der Waals surface area contributed by atoms with E-state index in [1.807, 2.05) is 0 Å². The fourth-order valence-electron chi connectivity index (χ4n) is 0.735. The van der Waals surface area contributed by atoms with Gasteiger partial charge in [-0.1, -0.05) is 23.2 Å². The molecule has 1 N–H and O–H groups in total. The average molecular weight is 236 g/mol. The largest absolute Gasteiger partial charge is 0.375 e. The Balaban J connectivity index is 2.76. The van der Waals surface area contributed by atoms with Crippen LogP contribution in [0, 0.1) is 0 Å². The number of ether oxygens (including phenoxy) is 1. The van der Waals surface area contributed by atoms with E-state index in [1.165, 1.54) is 13.4 Å². The minimum absolute atomic E-state index is 0.0715. The molecule has 14 heavy (non-hydrogen) atoms. The second-order valence-electron chi connectivity index (χ2n) is 2.31. The van der Waals surface area contributed by atoms with Crippen molar-refractivity contribution in [3.8, 4) is 0 Å². The predicted molar refractivity (Wildman–Crippen MR) is 52.6 cm³/mol. The van der Waals surface area contributed by atoms with Crippen LogP contribution in [0.2, 0.25) is 10.2 Å². The second kappa shape index (κ2) is 5.09. The van der Waals surface area contributed by atoms with Gasteiger partial charge in [-0.2, -0.15) is 0 Å². The van der Waals surface area contributed by atoms with Crippen molar-refractivity contribution in [2.45, 2.75) is 0 Å². The first-order valence-electron chi connectivity index (χ1n) is 3.60. The van der Waals surface area contributed by atoms with Crippen molar-refractivity contribution in [1.82, 2.24) is 9.97 Å². The van der Waals surface area contributed by atoms with E-state index in [-0.39, 0.29) is 28.5 Å².